The van der Waals surface area contributed by atoms with Gasteiger partial charge in [-0.2, -0.15) is 4.31 Å². The van der Waals surface area contributed by atoms with Gasteiger partial charge in [0, 0.05) is 36.9 Å². The SMILES string of the molecule is O=S(=O)(c1c[nH]c2ncccc12)N1CCCC2CNCC21. The summed E-state index contributed by atoms with van der Waals surface area (Å²) < 4.78 is 27.8. The minimum Gasteiger partial charge on any atom is -0.345 e. The van der Waals surface area contributed by atoms with Crippen LogP contribution in [0.2, 0.25) is 0 Å². The van der Waals surface area contributed by atoms with E-state index in [-0.39, 0.29) is 6.04 Å². The Kier molecular flexibility index (Phi) is 3.02. The van der Waals surface area contributed by atoms with Crippen LogP contribution in [0, 0.1) is 5.92 Å². The number of fused-ring (bicyclic) bond motifs is 2. The summed E-state index contributed by atoms with van der Waals surface area (Å²) >= 11 is 0. The van der Waals surface area contributed by atoms with Gasteiger partial charge in [0.15, 0.2) is 0 Å². The van der Waals surface area contributed by atoms with Gasteiger partial charge in [-0.25, -0.2) is 13.4 Å². The van der Waals surface area contributed by atoms with E-state index in [0.717, 1.165) is 25.9 Å². The Morgan fingerprint density at radius 3 is 3.14 bits per heavy atom. The quantitative estimate of drug-likeness (QED) is 0.865. The molecule has 6 nitrogen and oxygen atoms in total. The summed E-state index contributed by atoms with van der Waals surface area (Å²) in [5.74, 6) is 0.442. The van der Waals surface area contributed by atoms with E-state index < -0.39 is 10.0 Å². The highest BCUT2D eigenvalue weighted by molar-refractivity contribution is 7.89. The highest BCUT2D eigenvalue weighted by Gasteiger charge is 2.42. The molecule has 0 amide bonds. The van der Waals surface area contributed by atoms with E-state index in [1.54, 1.807) is 28.8 Å². The molecule has 4 heterocycles. The molecule has 0 radical (unpaired) electrons. The van der Waals surface area contributed by atoms with Crippen molar-refractivity contribution in [2.75, 3.05) is 19.6 Å². The lowest BCUT2D eigenvalue weighted by Crippen LogP contribution is -2.48. The van der Waals surface area contributed by atoms with Crippen LogP contribution >= 0.6 is 0 Å². The minimum atomic E-state index is -3.48. The second-order valence-electron chi connectivity index (χ2n) is 5.80. The summed E-state index contributed by atoms with van der Waals surface area (Å²) in [6, 6.07) is 3.66. The monoisotopic (exact) mass is 306 g/mol. The zero-order valence-corrected chi connectivity index (χ0v) is 12.4. The van der Waals surface area contributed by atoms with Gasteiger partial charge < -0.3 is 10.3 Å². The maximum absolute atomic E-state index is 13.1. The first-order valence-electron chi connectivity index (χ1n) is 7.32. The first kappa shape index (κ1) is 13.2. The molecule has 2 atom stereocenters. The summed E-state index contributed by atoms with van der Waals surface area (Å²) in [4.78, 5) is 7.48. The van der Waals surface area contributed by atoms with E-state index in [2.05, 4.69) is 15.3 Å². The zero-order valence-electron chi connectivity index (χ0n) is 11.6. The van der Waals surface area contributed by atoms with Crippen LogP contribution in [0.15, 0.2) is 29.4 Å². The Morgan fingerprint density at radius 2 is 2.24 bits per heavy atom. The highest BCUT2D eigenvalue weighted by atomic mass is 32.2. The van der Waals surface area contributed by atoms with E-state index in [4.69, 9.17) is 0 Å². The molecule has 0 bridgehead atoms. The Bertz CT molecular complexity index is 770. The van der Waals surface area contributed by atoms with Crippen molar-refractivity contribution in [2.24, 2.45) is 5.92 Å². The molecule has 2 aliphatic heterocycles. The van der Waals surface area contributed by atoms with Crippen LogP contribution in [0.25, 0.3) is 11.0 Å². The fourth-order valence-electron chi connectivity index (χ4n) is 3.59. The lowest BCUT2D eigenvalue weighted by molar-refractivity contribution is 0.217. The third kappa shape index (κ3) is 1.99. The number of H-pyrrole nitrogens is 1. The smallest absolute Gasteiger partial charge is 0.245 e. The number of hydrogen-bond acceptors (Lipinski definition) is 4. The molecule has 2 unspecified atom stereocenters. The van der Waals surface area contributed by atoms with Crippen molar-refractivity contribution >= 4 is 21.1 Å². The average molecular weight is 306 g/mol. The predicted molar refractivity (Wildman–Crippen MR) is 79.4 cm³/mol. The first-order chi connectivity index (χ1) is 10.2. The lowest BCUT2D eigenvalue weighted by Gasteiger charge is -2.35. The van der Waals surface area contributed by atoms with Crippen LogP contribution in [0.1, 0.15) is 12.8 Å². The Labute approximate surface area is 123 Å². The summed E-state index contributed by atoms with van der Waals surface area (Å²) in [6.45, 7) is 2.29. The Hall–Kier alpha value is -1.44. The van der Waals surface area contributed by atoms with Crippen molar-refractivity contribution in [3.05, 3.63) is 24.5 Å². The predicted octanol–water partition coefficient (Wildman–Crippen LogP) is 0.935. The molecule has 112 valence electrons. The van der Waals surface area contributed by atoms with Crippen molar-refractivity contribution in [2.45, 2.75) is 23.8 Å². The Balaban J connectivity index is 1.79. The second-order valence-corrected chi connectivity index (χ2v) is 7.66. The maximum Gasteiger partial charge on any atom is 0.245 e. The maximum atomic E-state index is 13.1. The molecule has 2 aromatic heterocycles. The molecule has 0 aromatic carbocycles. The molecule has 2 aliphatic rings. The van der Waals surface area contributed by atoms with Crippen molar-refractivity contribution in [1.82, 2.24) is 19.6 Å². The van der Waals surface area contributed by atoms with Crippen molar-refractivity contribution in [1.29, 1.82) is 0 Å². The number of aromatic amines is 1. The molecule has 4 rings (SSSR count). The number of aromatic nitrogens is 2. The summed E-state index contributed by atoms with van der Waals surface area (Å²) in [5.41, 5.74) is 0.620. The largest absolute Gasteiger partial charge is 0.345 e. The molecule has 2 N–H and O–H groups in total. The van der Waals surface area contributed by atoms with E-state index in [1.807, 2.05) is 0 Å². The van der Waals surface area contributed by atoms with Crippen molar-refractivity contribution < 1.29 is 8.42 Å². The van der Waals surface area contributed by atoms with Gasteiger partial charge in [0.25, 0.3) is 0 Å². The van der Waals surface area contributed by atoms with Gasteiger partial charge in [0.1, 0.15) is 10.5 Å². The lowest BCUT2D eigenvalue weighted by atomic mass is 9.94. The molecular weight excluding hydrogens is 288 g/mol. The van der Waals surface area contributed by atoms with E-state index in [0.29, 0.717) is 28.4 Å². The van der Waals surface area contributed by atoms with Gasteiger partial charge in [0.2, 0.25) is 10.0 Å². The number of pyridine rings is 1. The normalized spacial score (nSPS) is 27.0. The van der Waals surface area contributed by atoms with Crippen LogP contribution in [0.5, 0.6) is 0 Å². The number of hydrogen-bond donors (Lipinski definition) is 2. The standard InChI is InChI=1S/C14H18N4O2S/c19-21(20,13-9-17-14-11(13)4-1-5-16-14)18-6-2-3-10-7-15-8-12(10)18/h1,4-5,9-10,12,15H,2-3,6-8H2,(H,16,17). The van der Waals surface area contributed by atoms with E-state index >= 15 is 0 Å². The number of piperidine rings is 1. The number of sulfonamides is 1. The molecule has 21 heavy (non-hydrogen) atoms. The van der Waals surface area contributed by atoms with Crippen molar-refractivity contribution in [3.63, 3.8) is 0 Å². The summed E-state index contributed by atoms with van der Waals surface area (Å²) in [5, 5.41) is 3.99. The number of rotatable bonds is 2. The van der Waals surface area contributed by atoms with Gasteiger partial charge in [-0.05, 0) is 37.4 Å². The summed E-state index contributed by atoms with van der Waals surface area (Å²) in [7, 11) is -3.48. The van der Waals surface area contributed by atoms with Crippen LogP contribution in [0.4, 0.5) is 0 Å². The van der Waals surface area contributed by atoms with Gasteiger partial charge in [-0.3, -0.25) is 0 Å². The molecule has 2 aromatic rings. The minimum absolute atomic E-state index is 0.0883. The molecule has 0 aliphatic carbocycles. The van der Waals surface area contributed by atoms with Gasteiger partial charge >= 0.3 is 0 Å². The molecule has 0 spiro atoms. The Morgan fingerprint density at radius 1 is 1.33 bits per heavy atom. The highest BCUT2D eigenvalue weighted by Crippen LogP contribution is 2.33. The molecule has 2 saturated heterocycles. The van der Waals surface area contributed by atoms with E-state index in [1.165, 1.54) is 0 Å². The first-order valence-corrected chi connectivity index (χ1v) is 8.76. The topological polar surface area (TPSA) is 78.1 Å². The fourth-order valence-corrected chi connectivity index (χ4v) is 5.47. The molecular formula is C14H18N4O2S. The zero-order chi connectivity index (χ0) is 14.4. The van der Waals surface area contributed by atoms with Crippen molar-refractivity contribution in [3.8, 4) is 0 Å². The molecule has 7 heteroatoms. The fraction of sp³-hybridized carbons (Fsp3) is 0.500. The van der Waals surface area contributed by atoms with Crippen LogP contribution in [0.3, 0.4) is 0 Å². The van der Waals surface area contributed by atoms with Gasteiger partial charge in [-0.1, -0.05) is 0 Å². The summed E-state index contributed by atoms with van der Waals surface area (Å²) in [6.07, 6.45) is 5.27. The van der Waals surface area contributed by atoms with E-state index in [9.17, 15) is 8.42 Å². The number of nitrogens with one attached hydrogen (secondary N) is 2. The molecule has 2 fully saturated rings. The van der Waals surface area contributed by atoms with Gasteiger partial charge in [-0.15, -0.1) is 0 Å². The average Bonchev–Trinajstić information content (AvgIpc) is 3.13. The third-order valence-corrected chi connectivity index (χ3v) is 6.59. The molecule has 0 saturated carbocycles. The van der Waals surface area contributed by atoms with Crippen LogP contribution in [-0.2, 0) is 10.0 Å². The van der Waals surface area contributed by atoms with Crippen LogP contribution < -0.4 is 5.32 Å². The van der Waals surface area contributed by atoms with Crippen LogP contribution in [-0.4, -0.2) is 48.4 Å². The second kappa shape index (κ2) is 4.79. The number of nitrogens with zero attached hydrogens (tertiary/aromatic N) is 2. The third-order valence-electron chi connectivity index (χ3n) is 4.63. The van der Waals surface area contributed by atoms with Gasteiger partial charge in [0.05, 0.1) is 0 Å².